The van der Waals surface area contributed by atoms with Crippen molar-refractivity contribution in [3.8, 4) is 5.88 Å². The van der Waals surface area contributed by atoms with E-state index in [-0.39, 0.29) is 5.82 Å². The Bertz CT molecular complexity index is 554. The van der Waals surface area contributed by atoms with Crippen LogP contribution in [0.4, 0.5) is 11.5 Å². The minimum absolute atomic E-state index is 0.170. The van der Waals surface area contributed by atoms with Gasteiger partial charge in [0.25, 0.3) is 0 Å². The Labute approximate surface area is 109 Å². The molecule has 98 valence electrons. The molecule has 0 bridgehead atoms. The Morgan fingerprint density at radius 3 is 2.63 bits per heavy atom. The molecule has 2 heterocycles. The van der Waals surface area contributed by atoms with Gasteiger partial charge in [0, 0.05) is 24.9 Å². The van der Waals surface area contributed by atoms with Crippen LogP contribution in [0.1, 0.15) is 5.56 Å². The maximum absolute atomic E-state index is 10.5. The highest BCUT2D eigenvalue weighted by molar-refractivity contribution is 5.43. The van der Waals surface area contributed by atoms with Gasteiger partial charge in [-0.1, -0.05) is 6.07 Å². The Morgan fingerprint density at radius 1 is 1.26 bits per heavy atom. The van der Waals surface area contributed by atoms with Crippen LogP contribution in [0.25, 0.3) is 0 Å². The number of nitrogens with zero attached hydrogens (tertiary/aromatic N) is 3. The summed E-state index contributed by atoms with van der Waals surface area (Å²) >= 11 is 0. The van der Waals surface area contributed by atoms with Gasteiger partial charge in [-0.2, -0.15) is 0 Å². The largest absolute Gasteiger partial charge is 0.481 e. The van der Waals surface area contributed by atoms with Gasteiger partial charge in [0.1, 0.15) is 0 Å². The number of ether oxygens (including phenoxy) is 1. The van der Waals surface area contributed by atoms with E-state index in [1.54, 1.807) is 25.4 Å². The number of aromatic nitrogens is 2. The summed E-state index contributed by atoms with van der Waals surface area (Å²) in [6, 6.07) is 6.62. The number of methoxy groups -OCH3 is 1. The highest BCUT2D eigenvalue weighted by Gasteiger charge is 2.05. The van der Waals surface area contributed by atoms with E-state index in [0.29, 0.717) is 18.1 Å². The number of anilines is 1. The molecule has 0 fully saturated rings. The van der Waals surface area contributed by atoms with E-state index < -0.39 is 4.92 Å². The maximum Gasteiger partial charge on any atom is 0.363 e. The lowest BCUT2D eigenvalue weighted by Gasteiger charge is -2.05. The van der Waals surface area contributed by atoms with Gasteiger partial charge in [0.15, 0.2) is 6.20 Å². The minimum atomic E-state index is -0.531. The van der Waals surface area contributed by atoms with E-state index in [2.05, 4.69) is 15.3 Å². The molecule has 0 aliphatic heterocycles. The molecule has 0 aromatic carbocycles. The zero-order valence-corrected chi connectivity index (χ0v) is 10.2. The quantitative estimate of drug-likeness (QED) is 0.653. The molecule has 0 unspecified atom stereocenters. The van der Waals surface area contributed by atoms with Crippen molar-refractivity contribution in [3.63, 3.8) is 0 Å². The van der Waals surface area contributed by atoms with Gasteiger partial charge in [0.05, 0.1) is 12.8 Å². The van der Waals surface area contributed by atoms with Gasteiger partial charge in [-0.3, -0.25) is 0 Å². The van der Waals surface area contributed by atoms with E-state index >= 15 is 0 Å². The van der Waals surface area contributed by atoms with Crippen LogP contribution in [0.15, 0.2) is 36.7 Å². The predicted octanol–water partition coefficient (Wildman–Crippen LogP) is 2.01. The van der Waals surface area contributed by atoms with Crippen molar-refractivity contribution in [2.24, 2.45) is 0 Å². The molecule has 0 atom stereocenters. The highest BCUT2D eigenvalue weighted by atomic mass is 16.6. The lowest BCUT2D eigenvalue weighted by atomic mass is 10.3. The van der Waals surface area contributed by atoms with Crippen molar-refractivity contribution < 1.29 is 9.66 Å². The molecule has 0 saturated heterocycles. The second kappa shape index (κ2) is 5.76. The zero-order valence-electron chi connectivity index (χ0n) is 10.2. The van der Waals surface area contributed by atoms with Crippen molar-refractivity contribution in [2.75, 3.05) is 12.4 Å². The fourth-order valence-corrected chi connectivity index (χ4v) is 1.44. The smallest absolute Gasteiger partial charge is 0.363 e. The van der Waals surface area contributed by atoms with Crippen LogP contribution in [-0.2, 0) is 6.54 Å². The molecule has 2 aromatic rings. The van der Waals surface area contributed by atoms with Crippen LogP contribution >= 0.6 is 0 Å². The Morgan fingerprint density at radius 2 is 2.11 bits per heavy atom. The van der Waals surface area contributed by atoms with E-state index in [4.69, 9.17) is 4.74 Å². The number of hydrogen-bond donors (Lipinski definition) is 1. The molecule has 0 amide bonds. The average Bonchev–Trinajstić information content (AvgIpc) is 2.46. The van der Waals surface area contributed by atoms with Crippen LogP contribution in [0.3, 0.4) is 0 Å². The maximum atomic E-state index is 10.5. The molecule has 0 radical (unpaired) electrons. The van der Waals surface area contributed by atoms with Gasteiger partial charge in [-0.05, 0) is 21.5 Å². The number of pyridine rings is 2. The molecule has 0 aliphatic carbocycles. The molecule has 1 N–H and O–H groups in total. The van der Waals surface area contributed by atoms with Gasteiger partial charge in [0.2, 0.25) is 5.88 Å². The van der Waals surface area contributed by atoms with E-state index in [9.17, 15) is 10.1 Å². The third-order valence-electron chi connectivity index (χ3n) is 2.44. The van der Waals surface area contributed by atoms with Crippen LogP contribution in [0.5, 0.6) is 5.88 Å². The van der Waals surface area contributed by atoms with Gasteiger partial charge in [-0.15, -0.1) is 0 Å². The first-order valence-corrected chi connectivity index (χ1v) is 5.52. The van der Waals surface area contributed by atoms with Crippen molar-refractivity contribution >= 4 is 11.5 Å². The Kier molecular flexibility index (Phi) is 3.87. The minimum Gasteiger partial charge on any atom is -0.481 e. The molecule has 19 heavy (non-hydrogen) atoms. The van der Waals surface area contributed by atoms with Crippen LogP contribution in [0.2, 0.25) is 0 Å². The number of nitro groups is 1. The van der Waals surface area contributed by atoms with Crippen molar-refractivity contribution in [3.05, 3.63) is 52.3 Å². The molecule has 7 heteroatoms. The average molecular weight is 260 g/mol. The summed E-state index contributed by atoms with van der Waals surface area (Å²) in [5.74, 6) is 0.386. The summed E-state index contributed by atoms with van der Waals surface area (Å²) in [5, 5.41) is 13.6. The van der Waals surface area contributed by atoms with E-state index in [1.165, 1.54) is 12.3 Å². The summed E-state index contributed by atoms with van der Waals surface area (Å²) in [4.78, 5) is 17.7. The first-order chi connectivity index (χ1) is 9.19. The Balaban J connectivity index is 1.95. The topological polar surface area (TPSA) is 90.2 Å². The molecule has 0 spiro atoms. The zero-order chi connectivity index (χ0) is 13.7. The third-order valence-corrected chi connectivity index (χ3v) is 2.44. The third kappa shape index (κ3) is 3.38. The lowest BCUT2D eigenvalue weighted by molar-refractivity contribution is -0.389. The summed E-state index contributed by atoms with van der Waals surface area (Å²) in [7, 11) is 1.56. The second-order valence-electron chi connectivity index (χ2n) is 3.72. The molecule has 2 rings (SSSR count). The van der Waals surface area contributed by atoms with Gasteiger partial charge in [-0.25, -0.2) is 4.98 Å². The fraction of sp³-hybridized carbons (Fsp3) is 0.167. The highest BCUT2D eigenvalue weighted by Crippen LogP contribution is 2.13. The lowest BCUT2D eigenvalue weighted by Crippen LogP contribution is -2.01. The molecule has 7 nitrogen and oxygen atoms in total. The van der Waals surface area contributed by atoms with Gasteiger partial charge < -0.3 is 20.2 Å². The molecule has 0 saturated carbocycles. The normalized spacial score (nSPS) is 9.95. The first-order valence-electron chi connectivity index (χ1n) is 5.52. The molecular formula is C12H12N4O3. The van der Waals surface area contributed by atoms with Crippen LogP contribution < -0.4 is 10.1 Å². The second-order valence-corrected chi connectivity index (χ2v) is 3.72. The summed E-state index contributed by atoms with van der Waals surface area (Å²) in [6.45, 7) is 0.552. The fourth-order valence-electron chi connectivity index (χ4n) is 1.44. The summed E-state index contributed by atoms with van der Waals surface area (Å²) in [5.41, 5.74) is 1.68. The molecule has 2 aromatic heterocycles. The van der Waals surface area contributed by atoms with E-state index in [0.717, 1.165) is 5.56 Å². The standard InChI is InChI=1S/C12H12N4O3/c1-19-12-5-2-9(7-15-12)6-13-10-3-4-11(14-8-10)16(17)18/h2-5,7-8,13H,6H2,1H3. The van der Waals surface area contributed by atoms with E-state index in [1.807, 2.05) is 6.07 Å². The summed E-state index contributed by atoms with van der Waals surface area (Å²) < 4.78 is 4.96. The monoisotopic (exact) mass is 260 g/mol. The van der Waals surface area contributed by atoms with Crippen LogP contribution in [-0.4, -0.2) is 22.0 Å². The van der Waals surface area contributed by atoms with Crippen LogP contribution in [0, 0.1) is 10.1 Å². The first kappa shape index (κ1) is 12.7. The number of nitrogens with one attached hydrogen (secondary N) is 1. The molecular weight excluding hydrogens is 248 g/mol. The van der Waals surface area contributed by atoms with Crippen molar-refractivity contribution in [1.82, 2.24) is 9.97 Å². The summed E-state index contributed by atoms with van der Waals surface area (Å²) in [6.07, 6.45) is 3.12. The number of rotatable bonds is 5. The molecule has 0 aliphatic rings. The van der Waals surface area contributed by atoms with Crippen molar-refractivity contribution in [2.45, 2.75) is 6.54 Å². The number of hydrogen-bond acceptors (Lipinski definition) is 6. The van der Waals surface area contributed by atoms with Gasteiger partial charge >= 0.3 is 5.82 Å². The Hall–Kier alpha value is -2.70. The van der Waals surface area contributed by atoms with Crippen molar-refractivity contribution in [1.29, 1.82) is 0 Å². The predicted molar refractivity (Wildman–Crippen MR) is 69.0 cm³/mol. The SMILES string of the molecule is COc1ccc(CNc2ccc([N+](=O)[O-])nc2)cn1.